The van der Waals surface area contributed by atoms with Crippen molar-refractivity contribution in [3.05, 3.63) is 12.2 Å². The molecule has 0 saturated carbocycles. The summed E-state index contributed by atoms with van der Waals surface area (Å²) in [6.45, 7) is 4.18. The van der Waals surface area contributed by atoms with Crippen LogP contribution in [0, 0.1) is 0 Å². The molecule has 74 valence electrons. The van der Waals surface area contributed by atoms with Gasteiger partial charge in [-0.1, -0.05) is 12.2 Å². The van der Waals surface area contributed by atoms with Crippen LogP contribution in [0.3, 0.4) is 0 Å². The van der Waals surface area contributed by atoms with Crippen LogP contribution in [0.25, 0.3) is 0 Å². The standard InChI is InChI=1S/C5H12O2.C4H8O/c1-5(7-2)3-4-6;1-2-3-4-5/h5-6H,3-4H2,1-2H3;2-3,5H,4H2,1H3. The van der Waals surface area contributed by atoms with E-state index in [2.05, 4.69) is 0 Å². The highest BCUT2D eigenvalue weighted by Crippen LogP contribution is 1.90. The summed E-state index contributed by atoms with van der Waals surface area (Å²) >= 11 is 0. The highest BCUT2D eigenvalue weighted by molar-refractivity contribution is 4.74. The van der Waals surface area contributed by atoms with Gasteiger partial charge in [-0.25, -0.2) is 0 Å². The topological polar surface area (TPSA) is 49.7 Å². The normalized spacial score (nSPS) is 12.4. The van der Waals surface area contributed by atoms with Gasteiger partial charge in [0.2, 0.25) is 0 Å². The van der Waals surface area contributed by atoms with E-state index in [9.17, 15) is 0 Å². The molecule has 3 heteroatoms. The van der Waals surface area contributed by atoms with Crippen LogP contribution in [0.4, 0.5) is 0 Å². The molecule has 0 aliphatic rings. The summed E-state index contributed by atoms with van der Waals surface area (Å²) in [5, 5.41) is 16.3. The van der Waals surface area contributed by atoms with Gasteiger partial charge in [-0.05, 0) is 20.3 Å². The lowest BCUT2D eigenvalue weighted by Crippen LogP contribution is -2.05. The SMILES string of the molecule is CC=CCO.COC(C)CCO. The molecule has 0 aromatic carbocycles. The van der Waals surface area contributed by atoms with Gasteiger partial charge in [0.05, 0.1) is 12.7 Å². The smallest absolute Gasteiger partial charge is 0.0612 e. The van der Waals surface area contributed by atoms with Crippen molar-refractivity contribution in [3.63, 3.8) is 0 Å². The van der Waals surface area contributed by atoms with Crippen LogP contribution in [0.15, 0.2) is 12.2 Å². The lowest BCUT2D eigenvalue weighted by atomic mass is 10.3. The molecule has 0 rings (SSSR count). The Morgan fingerprint density at radius 2 is 2.00 bits per heavy atom. The molecular weight excluding hydrogens is 156 g/mol. The first-order valence-corrected chi connectivity index (χ1v) is 4.08. The Kier molecular flexibility index (Phi) is 15.6. The largest absolute Gasteiger partial charge is 0.396 e. The van der Waals surface area contributed by atoms with Gasteiger partial charge in [-0.15, -0.1) is 0 Å². The van der Waals surface area contributed by atoms with Crippen molar-refractivity contribution >= 4 is 0 Å². The van der Waals surface area contributed by atoms with Gasteiger partial charge in [0, 0.05) is 13.7 Å². The van der Waals surface area contributed by atoms with Crippen LogP contribution >= 0.6 is 0 Å². The van der Waals surface area contributed by atoms with Crippen molar-refractivity contribution in [3.8, 4) is 0 Å². The van der Waals surface area contributed by atoms with E-state index in [1.165, 1.54) is 0 Å². The molecule has 1 unspecified atom stereocenters. The van der Waals surface area contributed by atoms with Crippen molar-refractivity contribution in [2.75, 3.05) is 20.3 Å². The number of methoxy groups -OCH3 is 1. The Morgan fingerprint density at radius 1 is 1.42 bits per heavy atom. The lowest BCUT2D eigenvalue weighted by molar-refractivity contribution is 0.0917. The molecule has 0 bridgehead atoms. The van der Waals surface area contributed by atoms with E-state index < -0.39 is 0 Å². The molecule has 0 saturated heterocycles. The van der Waals surface area contributed by atoms with E-state index in [0.29, 0.717) is 0 Å². The summed E-state index contributed by atoms with van der Waals surface area (Å²) in [5.41, 5.74) is 0. The highest BCUT2D eigenvalue weighted by Gasteiger charge is 1.93. The first-order chi connectivity index (χ1) is 5.72. The number of aliphatic hydroxyl groups is 2. The monoisotopic (exact) mass is 176 g/mol. The zero-order chi connectivity index (χ0) is 9.82. The van der Waals surface area contributed by atoms with E-state index in [0.717, 1.165) is 6.42 Å². The molecule has 1 atom stereocenters. The summed E-state index contributed by atoms with van der Waals surface area (Å²) in [7, 11) is 1.64. The zero-order valence-corrected chi connectivity index (χ0v) is 8.16. The second-order valence-electron chi connectivity index (χ2n) is 2.31. The second kappa shape index (κ2) is 13.2. The fraction of sp³-hybridized carbons (Fsp3) is 0.778. The first kappa shape index (κ1) is 14.2. The molecule has 3 nitrogen and oxygen atoms in total. The number of rotatable bonds is 4. The third-order valence-electron chi connectivity index (χ3n) is 1.28. The molecule has 0 heterocycles. The number of hydrogen-bond acceptors (Lipinski definition) is 3. The van der Waals surface area contributed by atoms with Crippen molar-refractivity contribution in [1.82, 2.24) is 0 Å². The van der Waals surface area contributed by atoms with Crippen molar-refractivity contribution in [2.45, 2.75) is 26.4 Å². The molecule has 0 aliphatic heterocycles. The van der Waals surface area contributed by atoms with Crippen LogP contribution in [-0.2, 0) is 4.74 Å². The van der Waals surface area contributed by atoms with Crippen molar-refractivity contribution in [2.24, 2.45) is 0 Å². The molecule has 2 N–H and O–H groups in total. The fourth-order valence-electron chi connectivity index (χ4n) is 0.405. The summed E-state index contributed by atoms with van der Waals surface area (Å²) < 4.78 is 4.83. The predicted octanol–water partition coefficient (Wildman–Crippen LogP) is 0.958. The number of aliphatic hydroxyl groups excluding tert-OH is 2. The van der Waals surface area contributed by atoms with Gasteiger partial charge in [-0.2, -0.15) is 0 Å². The molecule has 0 aliphatic carbocycles. The third kappa shape index (κ3) is 16.3. The van der Waals surface area contributed by atoms with Crippen molar-refractivity contribution in [1.29, 1.82) is 0 Å². The van der Waals surface area contributed by atoms with E-state index in [1.807, 2.05) is 13.8 Å². The molecule has 0 fully saturated rings. The predicted molar refractivity (Wildman–Crippen MR) is 50.1 cm³/mol. The summed E-state index contributed by atoms with van der Waals surface area (Å²) in [5.74, 6) is 0. The number of hydrogen-bond donors (Lipinski definition) is 2. The van der Waals surface area contributed by atoms with Gasteiger partial charge in [0.1, 0.15) is 0 Å². The maximum Gasteiger partial charge on any atom is 0.0612 e. The minimum atomic E-state index is 0.163. The average Bonchev–Trinajstić information content (AvgIpc) is 2.07. The van der Waals surface area contributed by atoms with Gasteiger partial charge in [-0.3, -0.25) is 0 Å². The number of ether oxygens (including phenoxy) is 1. The van der Waals surface area contributed by atoms with E-state index in [-0.39, 0.29) is 19.3 Å². The minimum Gasteiger partial charge on any atom is -0.396 e. The number of allylic oxidation sites excluding steroid dienone is 1. The van der Waals surface area contributed by atoms with Crippen LogP contribution in [0.1, 0.15) is 20.3 Å². The Balaban J connectivity index is 0. The van der Waals surface area contributed by atoms with Gasteiger partial charge < -0.3 is 14.9 Å². The molecule has 12 heavy (non-hydrogen) atoms. The van der Waals surface area contributed by atoms with Gasteiger partial charge in [0.25, 0.3) is 0 Å². The molecule has 0 aromatic heterocycles. The molecule has 0 aromatic rings. The Labute approximate surface area is 74.7 Å². The van der Waals surface area contributed by atoms with E-state index >= 15 is 0 Å². The summed E-state index contributed by atoms with van der Waals surface area (Å²) in [4.78, 5) is 0. The molecule has 0 spiro atoms. The van der Waals surface area contributed by atoms with Crippen LogP contribution in [-0.4, -0.2) is 36.6 Å². The van der Waals surface area contributed by atoms with Crippen LogP contribution in [0.2, 0.25) is 0 Å². The Hall–Kier alpha value is -0.380. The highest BCUT2D eigenvalue weighted by atomic mass is 16.5. The second-order valence-corrected chi connectivity index (χ2v) is 2.31. The minimum absolute atomic E-state index is 0.163. The quantitative estimate of drug-likeness (QED) is 0.627. The summed E-state index contributed by atoms with van der Waals surface area (Å²) in [6, 6.07) is 0. The van der Waals surface area contributed by atoms with E-state index in [1.54, 1.807) is 19.3 Å². The lowest BCUT2D eigenvalue weighted by Gasteiger charge is -2.04. The van der Waals surface area contributed by atoms with Crippen LogP contribution in [0.5, 0.6) is 0 Å². The third-order valence-corrected chi connectivity index (χ3v) is 1.28. The maximum absolute atomic E-state index is 8.29. The van der Waals surface area contributed by atoms with E-state index in [4.69, 9.17) is 14.9 Å². The van der Waals surface area contributed by atoms with Gasteiger partial charge >= 0.3 is 0 Å². The average molecular weight is 176 g/mol. The Bertz CT molecular complexity index is 91.8. The zero-order valence-electron chi connectivity index (χ0n) is 8.16. The van der Waals surface area contributed by atoms with Gasteiger partial charge in [0.15, 0.2) is 0 Å². The Morgan fingerprint density at radius 3 is 2.08 bits per heavy atom. The molecule has 0 amide bonds. The molecular formula is C9H20O3. The maximum atomic E-state index is 8.29. The van der Waals surface area contributed by atoms with Crippen LogP contribution < -0.4 is 0 Å². The van der Waals surface area contributed by atoms with Crippen molar-refractivity contribution < 1.29 is 14.9 Å². The first-order valence-electron chi connectivity index (χ1n) is 4.08. The fourth-order valence-corrected chi connectivity index (χ4v) is 0.405. The molecule has 0 radical (unpaired) electrons. The summed E-state index contributed by atoms with van der Waals surface area (Å²) in [6.07, 6.45) is 4.42.